The van der Waals surface area contributed by atoms with E-state index in [4.69, 9.17) is 5.41 Å². The SMILES string of the molecule is CNC(=O)/C(C(=N)C(C)(C)C)=C(/C)O. The molecule has 0 bridgehead atoms. The average Bonchev–Trinajstić information content (AvgIpc) is 2.01. The third kappa shape index (κ3) is 2.87. The predicted molar refractivity (Wildman–Crippen MR) is 56.6 cm³/mol. The molecule has 0 fully saturated rings. The number of nitrogens with one attached hydrogen (secondary N) is 2. The number of likely N-dealkylation sites (N-methyl/N-ethyl adjacent to an activating group) is 1. The van der Waals surface area contributed by atoms with E-state index in [1.165, 1.54) is 14.0 Å². The zero-order valence-electron chi connectivity index (χ0n) is 9.36. The predicted octanol–water partition coefficient (Wildman–Crippen LogP) is 1.63. The van der Waals surface area contributed by atoms with E-state index >= 15 is 0 Å². The van der Waals surface area contributed by atoms with Crippen LogP contribution >= 0.6 is 0 Å². The first-order chi connectivity index (χ1) is 6.21. The largest absolute Gasteiger partial charge is 0.512 e. The minimum atomic E-state index is -0.453. The van der Waals surface area contributed by atoms with Gasteiger partial charge in [0.1, 0.15) is 5.76 Å². The van der Waals surface area contributed by atoms with Crippen molar-refractivity contribution in [2.45, 2.75) is 27.7 Å². The number of aliphatic hydroxyl groups excluding tert-OH is 1. The van der Waals surface area contributed by atoms with Gasteiger partial charge in [-0.05, 0) is 6.92 Å². The van der Waals surface area contributed by atoms with Gasteiger partial charge in [-0.2, -0.15) is 0 Å². The Balaban J connectivity index is 5.20. The normalized spacial score (nSPS) is 13.2. The molecular formula is C10H18N2O2. The molecule has 0 aliphatic rings. The topological polar surface area (TPSA) is 73.2 Å². The first-order valence-electron chi connectivity index (χ1n) is 4.43. The molecule has 80 valence electrons. The molecule has 0 aromatic heterocycles. The summed E-state index contributed by atoms with van der Waals surface area (Å²) in [5.41, 5.74) is -0.261. The number of allylic oxidation sites excluding steroid dienone is 1. The van der Waals surface area contributed by atoms with Gasteiger partial charge in [0.2, 0.25) is 0 Å². The second kappa shape index (κ2) is 4.26. The quantitative estimate of drug-likeness (QED) is 0.358. The smallest absolute Gasteiger partial charge is 0.256 e. The molecule has 14 heavy (non-hydrogen) atoms. The molecule has 0 unspecified atom stereocenters. The lowest BCUT2D eigenvalue weighted by Gasteiger charge is -2.21. The second-order valence-corrected chi connectivity index (χ2v) is 4.16. The number of rotatable bonds is 2. The Bertz CT molecular complexity index is 281. The molecule has 0 radical (unpaired) electrons. The van der Waals surface area contributed by atoms with Crippen LogP contribution in [0.15, 0.2) is 11.3 Å². The van der Waals surface area contributed by atoms with Gasteiger partial charge in [0, 0.05) is 12.5 Å². The van der Waals surface area contributed by atoms with Crippen molar-refractivity contribution in [3.05, 3.63) is 11.3 Å². The van der Waals surface area contributed by atoms with Crippen molar-refractivity contribution in [3.8, 4) is 0 Å². The fraction of sp³-hybridized carbons (Fsp3) is 0.600. The Morgan fingerprint density at radius 3 is 2.00 bits per heavy atom. The van der Waals surface area contributed by atoms with Gasteiger partial charge in [-0.15, -0.1) is 0 Å². The molecule has 0 atom stereocenters. The van der Waals surface area contributed by atoms with E-state index in [2.05, 4.69) is 5.32 Å². The monoisotopic (exact) mass is 198 g/mol. The maximum absolute atomic E-state index is 11.4. The molecule has 0 aromatic carbocycles. The highest BCUT2D eigenvalue weighted by Crippen LogP contribution is 2.21. The fourth-order valence-electron chi connectivity index (χ4n) is 0.959. The van der Waals surface area contributed by atoms with Crippen LogP contribution in [0.2, 0.25) is 0 Å². The van der Waals surface area contributed by atoms with E-state index in [0.29, 0.717) is 0 Å². The van der Waals surface area contributed by atoms with Crippen LogP contribution < -0.4 is 5.32 Å². The number of aliphatic hydroxyl groups is 1. The summed E-state index contributed by atoms with van der Waals surface area (Å²) < 4.78 is 0. The molecule has 0 aromatic rings. The first kappa shape index (κ1) is 12.7. The zero-order valence-corrected chi connectivity index (χ0v) is 9.36. The molecule has 0 saturated carbocycles. The molecule has 0 spiro atoms. The van der Waals surface area contributed by atoms with Crippen LogP contribution in [-0.2, 0) is 4.79 Å². The highest BCUT2D eigenvalue weighted by atomic mass is 16.3. The lowest BCUT2D eigenvalue weighted by molar-refractivity contribution is -0.116. The van der Waals surface area contributed by atoms with Crippen molar-refractivity contribution >= 4 is 11.6 Å². The Labute approximate surface area is 84.5 Å². The molecule has 4 heteroatoms. The maximum Gasteiger partial charge on any atom is 0.256 e. The van der Waals surface area contributed by atoms with Gasteiger partial charge in [-0.3, -0.25) is 4.79 Å². The summed E-state index contributed by atoms with van der Waals surface area (Å²) in [5.74, 6) is -0.547. The Morgan fingerprint density at radius 1 is 1.36 bits per heavy atom. The summed E-state index contributed by atoms with van der Waals surface area (Å²) in [4.78, 5) is 11.4. The zero-order chi connectivity index (χ0) is 11.5. The fourth-order valence-corrected chi connectivity index (χ4v) is 0.959. The lowest BCUT2D eigenvalue weighted by Crippen LogP contribution is -2.32. The van der Waals surface area contributed by atoms with Crippen molar-refractivity contribution < 1.29 is 9.90 Å². The van der Waals surface area contributed by atoms with Gasteiger partial charge in [0.25, 0.3) is 5.91 Å². The Kier molecular flexibility index (Phi) is 3.86. The lowest BCUT2D eigenvalue weighted by atomic mass is 9.84. The van der Waals surface area contributed by atoms with Gasteiger partial charge in [-0.25, -0.2) is 0 Å². The Morgan fingerprint density at radius 2 is 1.79 bits per heavy atom. The molecule has 0 aliphatic heterocycles. The maximum atomic E-state index is 11.4. The van der Waals surface area contributed by atoms with Crippen LogP contribution in [0, 0.1) is 10.8 Å². The van der Waals surface area contributed by atoms with Crippen molar-refractivity contribution in [1.29, 1.82) is 5.41 Å². The highest BCUT2D eigenvalue weighted by molar-refractivity contribution is 6.22. The van der Waals surface area contributed by atoms with Crippen LogP contribution in [-0.4, -0.2) is 23.8 Å². The molecule has 4 nitrogen and oxygen atoms in total. The number of carbonyl (C=O) groups excluding carboxylic acids is 1. The first-order valence-corrected chi connectivity index (χ1v) is 4.43. The summed E-state index contributed by atoms with van der Waals surface area (Å²) in [6.45, 7) is 6.87. The summed E-state index contributed by atoms with van der Waals surface area (Å²) >= 11 is 0. The van der Waals surface area contributed by atoms with E-state index < -0.39 is 11.3 Å². The summed E-state index contributed by atoms with van der Waals surface area (Å²) in [7, 11) is 1.47. The molecular weight excluding hydrogens is 180 g/mol. The number of carbonyl (C=O) groups is 1. The second-order valence-electron chi connectivity index (χ2n) is 4.16. The van der Waals surface area contributed by atoms with E-state index in [1.54, 1.807) is 0 Å². The van der Waals surface area contributed by atoms with Crippen LogP contribution in [0.1, 0.15) is 27.7 Å². The van der Waals surface area contributed by atoms with Gasteiger partial charge >= 0.3 is 0 Å². The minimum Gasteiger partial charge on any atom is -0.512 e. The summed E-state index contributed by atoms with van der Waals surface area (Å²) in [6.07, 6.45) is 0. The molecule has 0 heterocycles. The van der Waals surface area contributed by atoms with Crippen LogP contribution in [0.25, 0.3) is 0 Å². The van der Waals surface area contributed by atoms with E-state index in [0.717, 1.165) is 0 Å². The van der Waals surface area contributed by atoms with E-state index in [9.17, 15) is 9.90 Å². The number of hydrogen-bond acceptors (Lipinski definition) is 3. The van der Waals surface area contributed by atoms with Gasteiger partial charge in [0.15, 0.2) is 0 Å². The van der Waals surface area contributed by atoms with Crippen LogP contribution in [0.3, 0.4) is 0 Å². The van der Waals surface area contributed by atoms with E-state index in [1.807, 2.05) is 20.8 Å². The van der Waals surface area contributed by atoms with E-state index in [-0.39, 0.29) is 17.0 Å². The number of hydrogen-bond donors (Lipinski definition) is 3. The number of amides is 1. The van der Waals surface area contributed by atoms with Crippen molar-refractivity contribution in [1.82, 2.24) is 5.32 Å². The average molecular weight is 198 g/mol. The standard InChI is InChI=1S/C10H18N2O2/c1-6(13)7(9(14)12-5)8(11)10(2,3)4/h11,13H,1-5H3,(H,12,14)/b7-6-,11-8?. The third-order valence-corrected chi connectivity index (χ3v) is 1.82. The minimum absolute atomic E-state index is 0.0556. The van der Waals surface area contributed by atoms with Gasteiger partial charge < -0.3 is 15.8 Å². The highest BCUT2D eigenvalue weighted by Gasteiger charge is 2.26. The third-order valence-electron chi connectivity index (χ3n) is 1.82. The summed E-state index contributed by atoms with van der Waals surface area (Å²) in [6, 6.07) is 0. The summed E-state index contributed by atoms with van der Waals surface area (Å²) in [5, 5.41) is 19.5. The molecule has 0 rings (SSSR count). The Hall–Kier alpha value is -1.32. The van der Waals surface area contributed by atoms with Gasteiger partial charge in [0.05, 0.1) is 11.3 Å². The molecule has 3 N–H and O–H groups in total. The van der Waals surface area contributed by atoms with Crippen LogP contribution in [0.5, 0.6) is 0 Å². The molecule has 0 saturated heterocycles. The van der Waals surface area contributed by atoms with Gasteiger partial charge in [-0.1, -0.05) is 20.8 Å². The van der Waals surface area contributed by atoms with Crippen molar-refractivity contribution in [2.24, 2.45) is 5.41 Å². The van der Waals surface area contributed by atoms with Crippen molar-refractivity contribution in [3.63, 3.8) is 0 Å². The molecule has 1 amide bonds. The van der Waals surface area contributed by atoms with Crippen molar-refractivity contribution in [2.75, 3.05) is 7.05 Å². The molecule has 0 aliphatic carbocycles. The van der Waals surface area contributed by atoms with Crippen LogP contribution in [0.4, 0.5) is 0 Å².